The van der Waals surface area contributed by atoms with Crippen molar-refractivity contribution in [1.82, 2.24) is 9.55 Å². The molecule has 2 N–H and O–H groups in total. The van der Waals surface area contributed by atoms with Crippen molar-refractivity contribution in [2.75, 3.05) is 12.3 Å². The fourth-order valence-corrected chi connectivity index (χ4v) is 2.42. The normalized spacial score (nSPS) is 11.0. The molecule has 1 aromatic heterocycles. The molecule has 0 atom stereocenters. The van der Waals surface area contributed by atoms with Crippen molar-refractivity contribution in [3.8, 4) is 11.4 Å². The molecule has 0 aliphatic rings. The van der Waals surface area contributed by atoms with Gasteiger partial charge in [0.2, 0.25) is 5.95 Å². The van der Waals surface area contributed by atoms with Gasteiger partial charge in [-0.15, -0.1) is 0 Å². The molecule has 0 amide bonds. The predicted molar refractivity (Wildman–Crippen MR) is 81.6 cm³/mol. The number of hydrogen-bond donors (Lipinski definition) is 1. The lowest BCUT2D eigenvalue weighted by Gasteiger charge is -2.12. The number of aromatic nitrogens is 2. The molecule has 6 heteroatoms. The Bertz CT molecular complexity index is 816. The van der Waals surface area contributed by atoms with Gasteiger partial charge in [0, 0.05) is 6.07 Å². The number of para-hydroxylation sites is 2. The maximum Gasteiger partial charge on any atom is 0.206 e. The van der Waals surface area contributed by atoms with Crippen LogP contribution in [0.15, 0.2) is 36.4 Å². The standard InChI is InChI=1S/C15H13ClFN3O/c1-2-21-14-6-4-3-5-12(14)20-13-8-10(17)9(16)7-11(13)19-15(20)18/h3-8H,2H2,1H3,(H2,18,19). The summed E-state index contributed by atoms with van der Waals surface area (Å²) in [6.07, 6.45) is 0. The number of nitrogen functional groups attached to an aromatic ring is 1. The van der Waals surface area contributed by atoms with Gasteiger partial charge in [0.25, 0.3) is 0 Å². The third-order valence-corrected chi connectivity index (χ3v) is 3.42. The fraction of sp³-hybridized carbons (Fsp3) is 0.133. The molecule has 0 fully saturated rings. The van der Waals surface area contributed by atoms with Crippen molar-refractivity contribution in [3.63, 3.8) is 0 Å². The zero-order valence-electron chi connectivity index (χ0n) is 11.3. The predicted octanol–water partition coefficient (Wildman–Crippen LogP) is 3.80. The first-order chi connectivity index (χ1) is 10.1. The van der Waals surface area contributed by atoms with Gasteiger partial charge >= 0.3 is 0 Å². The number of fused-ring (bicyclic) bond motifs is 1. The molecule has 0 spiro atoms. The topological polar surface area (TPSA) is 53.1 Å². The summed E-state index contributed by atoms with van der Waals surface area (Å²) in [6.45, 7) is 2.41. The van der Waals surface area contributed by atoms with Gasteiger partial charge in [-0.2, -0.15) is 0 Å². The highest BCUT2D eigenvalue weighted by atomic mass is 35.5. The Kier molecular flexibility index (Phi) is 3.43. The molecule has 0 bridgehead atoms. The Hall–Kier alpha value is -2.27. The van der Waals surface area contributed by atoms with E-state index in [-0.39, 0.29) is 11.0 Å². The van der Waals surface area contributed by atoms with Crippen LogP contribution in [0.5, 0.6) is 5.75 Å². The molecular weight excluding hydrogens is 293 g/mol. The first kappa shape index (κ1) is 13.7. The Labute approximate surface area is 125 Å². The third-order valence-electron chi connectivity index (χ3n) is 3.13. The first-order valence-electron chi connectivity index (χ1n) is 6.47. The summed E-state index contributed by atoms with van der Waals surface area (Å²) < 4.78 is 21.0. The van der Waals surface area contributed by atoms with Gasteiger partial charge in [-0.3, -0.25) is 4.57 Å². The number of ether oxygens (including phenoxy) is 1. The van der Waals surface area contributed by atoms with Gasteiger partial charge in [-0.25, -0.2) is 9.37 Å². The highest BCUT2D eigenvalue weighted by Gasteiger charge is 2.15. The van der Waals surface area contributed by atoms with E-state index in [0.717, 1.165) is 0 Å². The van der Waals surface area contributed by atoms with Crippen molar-refractivity contribution < 1.29 is 9.13 Å². The van der Waals surface area contributed by atoms with Gasteiger partial charge in [-0.1, -0.05) is 23.7 Å². The minimum Gasteiger partial charge on any atom is -0.492 e. The number of benzene rings is 2. The molecule has 3 aromatic rings. The smallest absolute Gasteiger partial charge is 0.206 e. The molecule has 108 valence electrons. The SMILES string of the molecule is CCOc1ccccc1-n1c(N)nc2cc(Cl)c(F)cc21. The van der Waals surface area contributed by atoms with Crippen LogP contribution in [0.3, 0.4) is 0 Å². The Morgan fingerprint density at radius 3 is 2.86 bits per heavy atom. The molecule has 2 aromatic carbocycles. The van der Waals surface area contributed by atoms with Crippen molar-refractivity contribution in [3.05, 3.63) is 47.2 Å². The zero-order chi connectivity index (χ0) is 15.0. The third kappa shape index (κ3) is 2.29. The monoisotopic (exact) mass is 305 g/mol. The molecule has 0 aliphatic carbocycles. The lowest BCUT2D eigenvalue weighted by molar-refractivity contribution is 0.339. The van der Waals surface area contributed by atoms with Crippen LogP contribution in [-0.2, 0) is 0 Å². The van der Waals surface area contributed by atoms with Crippen LogP contribution in [0.25, 0.3) is 16.7 Å². The van der Waals surface area contributed by atoms with Gasteiger partial charge in [0.15, 0.2) is 0 Å². The van der Waals surface area contributed by atoms with E-state index < -0.39 is 5.82 Å². The summed E-state index contributed by atoms with van der Waals surface area (Å²) in [4.78, 5) is 4.23. The molecule has 1 heterocycles. The number of anilines is 1. The first-order valence-corrected chi connectivity index (χ1v) is 6.84. The number of halogens is 2. The molecule has 0 radical (unpaired) electrons. The Morgan fingerprint density at radius 1 is 1.33 bits per heavy atom. The van der Waals surface area contributed by atoms with E-state index in [1.54, 1.807) is 4.57 Å². The molecule has 0 saturated heterocycles. The van der Waals surface area contributed by atoms with Crippen molar-refractivity contribution in [2.24, 2.45) is 0 Å². The summed E-state index contributed by atoms with van der Waals surface area (Å²) in [5.41, 5.74) is 7.77. The molecule has 0 unspecified atom stereocenters. The van der Waals surface area contributed by atoms with Crippen molar-refractivity contribution >= 4 is 28.6 Å². The minimum absolute atomic E-state index is 0.0187. The molecule has 0 saturated carbocycles. The van der Waals surface area contributed by atoms with E-state index in [2.05, 4.69) is 4.98 Å². The summed E-state index contributed by atoms with van der Waals surface area (Å²) in [7, 11) is 0. The van der Waals surface area contributed by atoms with E-state index in [1.165, 1.54) is 12.1 Å². The highest BCUT2D eigenvalue weighted by Crippen LogP contribution is 2.31. The van der Waals surface area contributed by atoms with Gasteiger partial charge in [0.05, 0.1) is 28.4 Å². The molecule has 4 nitrogen and oxygen atoms in total. The molecular formula is C15H13ClFN3O. The summed E-state index contributed by atoms with van der Waals surface area (Å²) in [5.74, 6) is 0.388. The lowest BCUT2D eigenvalue weighted by atomic mass is 10.2. The Morgan fingerprint density at radius 2 is 2.10 bits per heavy atom. The zero-order valence-corrected chi connectivity index (χ0v) is 12.1. The molecule has 21 heavy (non-hydrogen) atoms. The van der Waals surface area contributed by atoms with E-state index in [1.807, 2.05) is 31.2 Å². The van der Waals surface area contributed by atoms with Crippen LogP contribution in [0, 0.1) is 5.82 Å². The number of nitrogens with zero attached hydrogens (tertiary/aromatic N) is 2. The van der Waals surface area contributed by atoms with Crippen LogP contribution in [0.4, 0.5) is 10.3 Å². The number of rotatable bonds is 3. The summed E-state index contributed by atoms with van der Waals surface area (Å²) in [5, 5.41) is 0.0187. The summed E-state index contributed by atoms with van der Waals surface area (Å²) in [6, 6.07) is 10.2. The Balaban J connectivity index is 2.30. The maximum atomic E-state index is 13.8. The number of imidazole rings is 1. The van der Waals surface area contributed by atoms with E-state index in [0.29, 0.717) is 29.1 Å². The second-order valence-corrected chi connectivity index (χ2v) is 4.87. The van der Waals surface area contributed by atoms with E-state index >= 15 is 0 Å². The highest BCUT2D eigenvalue weighted by molar-refractivity contribution is 6.31. The molecule has 3 rings (SSSR count). The average Bonchev–Trinajstić information content (AvgIpc) is 2.76. The van der Waals surface area contributed by atoms with Crippen LogP contribution < -0.4 is 10.5 Å². The minimum atomic E-state index is -0.515. The van der Waals surface area contributed by atoms with Crippen LogP contribution in [-0.4, -0.2) is 16.2 Å². The maximum absolute atomic E-state index is 13.8. The quantitative estimate of drug-likeness (QED) is 0.801. The number of nitrogens with two attached hydrogens (primary N) is 1. The van der Waals surface area contributed by atoms with E-state index in [4.69, 9.17) is 22.1 Å². The van der Waals surface area contributed by atoms with Gasteiger partial charge < -0.3 is 10.5 Å². The second kappa shape index (κ2) is 5.26. The van der Waals surface area contributed by atoms with Crippen molar-refractivity contribution in [2.45, 2.75) is 6.92 Å². The fourth-order valence-electron chi connectivity index (χ4n) is 2.26. The van der Waals surface area contributed by atoms with Gasteiger partial charge in [-0.05, 0) is 25.1 Å². The number of hydrogen-bond acceptors (Lipinski definition) is 3. The van der Waals surface area contributed by atoms with Crippen molar-refractivity contribution in [1.29, 1.82) is 0 Å². The summed E-state index contributed by atoms with van der Waals surface area (Å²) >= 11 is 5.79. The van der Waals surface area contributed by atoms with Crippen LogP contribution >= 0.6 is 11.6 Å². The average molecular weight is 306 g/mol. The van der Waals surface area contributed by atoms with Crippen LogP contribution in [0.1, 0.15) is 6.92 Å². The van der Waals surface area contributed by atoms with Gasteiger partial charge in [0.1, 0.15) is 11.6 Å². The van der Waals surface area contributed by atoms with Crippen LogP contribution in [0.2, 0.25) is 5.02 Å². The lowest BCUT2D eigenvalue weighted by Crippen LogP contribution is -2.04. The second-order valence-electron chi connectivity index (χ2n) is 4.46. The largest absolute Gasteiger partial charge is 0.492 e. The molecule has 0 aliphatic heterocycles. The van der Waals surface area contributed by atoms with E-state index in [9.17, 15) is 4.39 Å².